The number of unbranched alkanes of at least 4 members (excludes halogenated alkanes) is 1. The molecule has 4 unspecified atom stereocenters. The zero-order valence-corrected chi connectivity index (χ0v) is 19.1. The molecule has 2 saturated carbocycles. The number of ether oxygens (including phenoxy) is 1. The van der Waals surface area contributed by atoms with Crippen molar-refractivity contribution in [3.8, 4) is 5.75 Å². The van der Waals surface area contributed by atoms with Crippen molar-refractivity contribution in [1.29, 1.82) is 0 Å². The third kappa shape index (κ3) is 3.54. The van der Waals surface area contributed by atoms with E-state index in [-0.39, 0.29) is 5.41 Å². The molecule has 4 heteroatoms. The average molecular weight is 419 g/mol. The Morgan fingerprint density at radius 2 is 2.19 bits per heavy atom. The Morgan fingerprint density at radius 3 is 2.97 bits per heavy atom. The van der Waals surface area contributed by atoms with E-state index in [0.29, 0.717) is 23.5 Å². The molecule has 1 heterocycles. The predicted octanol–water partition coefficient (Wildman–Crippen LogP) is 5.72. The summed E-state index contributed by atoms with van der Waals surface area (Å²) in [6, 6.07) is 6.76. The lowest BCUT2D eigenvalue weighted by Gasteiger charge is -2.48. The first kappa shape index (κ1) is 20.5. The zero-order chi connectivity index (χ0) is 21.6. The minimum atomic E-state index is -0.198. The number of ketones is 1. The lowest BCUT2D eigenvalue weighted by molar-refractivity contribution is -0.127. The van der Waals surface area contributed by atoms with Gasteiger partial charge in [0.15, 0.2) is 5.78 Å². The maximum absolute atomic E-state index is 13.5. The summed E-state index contributed by atoms with van der Waals surface area (Å²) < 4.78 is 7.76. The van der Waals surface area contributed by atoms with Gasteiger partial charge in [-0.15, -0.1) is 0 Å². The summed E-state index contributed by atoms with van der Waals surface area (Å²) in [5.41, 5.74) is 4.82. The molecule has 0 bridgehead atoms. The predicted molar refractivity (Wildman–Crippen MR) is 123 cm³/mol. The first-order chi connectivity index (χ1) is 15.0. The summed E-state index contributed by atoms with van der Waals surface area (Å²) in [7, 11) is 1.92. The molecule has 4 nitrogen and oxygen atoms in total. The van der Waals surface area contributed by atoms with Crippen molar-refractivity contribution in [3.63, 3.8) is 0 Å². The van der Waals surface area contributed by atoms with Crippen LogP contribution in [0.4, 0.5) is 0 Å². The average Bonchev–Trinajstić information content (AvgIpc) is 3.29. The van der Waals surface area contributed by atoms with Crippen LogP contribution in [0.3, 0.4) is 0 Å². The molecule has 0 N–H and O–H groups in total. The summed E-state index contributed by atoms with van der Waals surface area (Å²) >= 11 is 0. The van der Waals surface area contributed by atoms with Gasteiger partial charge in [0.1, 0.15) is 5.75 Å². The number of aromatic nitrogens is 2. The number of carbonyl (C=O) groups is 1. The largest absolute Gasteiger partial charge is 0.494 e. The summed E-state index contributed by atoms with van der Waals surface area (Å²) in [6.07, 6.45) is 13.5. The second-order valence-electron chi connectivity index (χ2n) is 10.1. The van der Waals surface area contributed by atoms with Crippen molar-refractivity contribution in [2.24, 2.45) is 24.3 Å². The van der Waals surface area contributed by atoms with Gasteiger partial charge in [-0.25, -0.2) is 0 Å². The van der Waals surface area contributed by atoms with Crippen LogP contribution in [0, 0.1) is 17.3 Å². The van der Waals surface area contributed by atoms with Crippen LogP contribution in [-0.2, 0) is 18.3 Å². The van der Waals surface area contributed by atoms with Crippen molar-refractivity contribution in [2.45, 2.75) is 64.7 Å². The minimum Gasteiger partial charge on any atom is -0.494 e. The van der Waals surface area contributed by atoms with E-state index in [9.17, 15) is 4.79 Å². The van der Waals surface area contributed by atoms with Gasteiger partial charge in [-0.3, -0.25) is 9.48 Å². The highest BCUT2D eigenvalue weighted by Crippen LogP contribution is 2.60. The molecular formula is C27H34N2O2. The number of hydrogen-bond donors (Lipinski definition) is 0. The maximum Gasteiger partial charge on any atom is 0.165 e. The number of benzene rings is 1. The molecule has 2 aromatic rings. The van der Waals surface area contributed by atoms with Gasteiger partial charge in [-0.05, 0) is 91.2 Å². The Kier molecular flexibility index (Phi) is 5.27. The van der Waals surface area contributed by atoms with Crippen molar-refractivity contribution in [2.75, 3.05) is 6.61 Å². The van der Waals surface area contributed by atoms with Crippen LogP contribution in [0.15, 0.2) is 36.2 Å². The van der Waals surface area contributed by atoms with Crippen molar-refractivity contribution >= 4 is 11.9 Å². The summed E-state index contributed by atoms with van der Waals surface area (Å²) in [5, 5.41) is 4.26. The quantitative estimate of drug-likeness (QED) is 0.461. The number of aryl methyl sites for hydroxylation is 2. The zero-order valence-electron chi connectivity index (χ0n) is 19.1. The third-order valence-electron chi connectivity index (χ3n) is 8.17. The van der Waals surface area contributed by atoms with Gasteiger partial charge in [0.05, 0.1) is 12.8 Å². The molecule has 3 aliphatic rings. The molecule has 0 spiro atoms. The fourth-order valence-corrected chi connectivity index (χ4v) is 6.50. The highest BCUT2D eigenvalue weighted by Gasteiger charge is 2.56. The fraction of sp³-hybridized carbons (Fsp3) is 0.556. The van der Waals surface area contributed by atoms with Crippen molar-refractivity contribution in [1.82, 2.24) is 9.78 Å². The standard InChI is InChI=1S/C27H34N2O2/c1-4-5-12-31-21-7-9-22-19(14-21)6-8-24-23(22)10-11-27(2)25(24)15-20(26(27)30)13-18-16-28-29(3)17-18/h7,9,13-14,16-17,23-25H,4-6,8,10-12,15H2,1-3H3. The molecule has 0 aliphatic heterocycles. The third-order valence-corrected chi connectivity index (χ3v) is 8.17. The Balaban J connectivity index is 1.39. The Bertz CT molecular complexity index is 1020. The van der Waals surface area contributed by atoms with Crippen LogP contribution in [0.1, 0.15) is 75.0 Å². The molecule has 1 aromatic heterocycles. The smallest absolute Gasteiger partial charge is 0.165 e. The highest BCUT2D eigenvalue weighted by atomic mass is 16.5. The lowest BCUT2D eigenvalue weighted by atomic mass is 9.55. The molecular weight excluding hydrogens is 384 g/mol. The number of allylic oxidation sites excluding steroid dienone is 1. The summed E-state index contributed by atoms with van der Waals surface area (Å²) in [4.78, 5) is 13.5. The molecule has 164 valence electrons. The van der Waals surface area contributed by atoms with Gasteiger partial charge >= 0.3 is 0 Å². The highest BCUT2D eigenvalue weighted by molar-refractivity contribution is 6.05. The number of Topliss-reactive ketones (excluding diaryl/α,β-unsaturated/α-hetero) is 1. The number of fused-ring (bicyclic) bond motifs is 5. The molecule has 3 aliphatic carbocycles. The van der Waals surface area contributed by atoms with E-state index in [1.165, 1.54) is 17.5 Å². The van der Waals surface area contributed by atoms with Crippen LogP contribution in [-0.4, -0.2) is 22.2 Å². The number of nitrogens with zero attached hydrogens (tertiary/aromatic N) is 2. The Labute approximate surface area is 185 Å². The normalized spacial score (nSPS) is 30.7. The Morgan fingerprint density at radius 1 is 1.32 bits per heavy atom. The molecule has 4 atom stereocenters. The molecule has 2 fully saturated rings. The number of rotatable bonds is 5. The summed E-state index contributed by atoms with van der Waals surface area (Å²) in [5.74, 6) is 3.03. The first-order valence-corrected chi connectivity index (χ1v) is 12.0. The van der Waals surface area contributed by atoms with Gasteiger partial charge in [0.2, 0.25) is 0 Å². The topological polar surface area (TPSA) is 44.1 Å². The second-order valence-corrected chi connectivity index (χ2v) is 10.1. The number of hydrogen-bond acceptors (Lipinski definition) is 3. The van der Waals surface area contributed by atoms with E-state index in [4.69, 9.17) is 4.74 Å². The molecule has 1 aromatic carbocycles. The van der Waals surface area contributed by atoms with Crippen molar-refractivity contribution in [3.05, 3.63) is 52.9 Å². The van der Waals surface area contributed by atoms with E-state index >= 15 is 0 Å². The van der Waals surface area contributed by atoms with Crippen LogP contribution < -0.4 is 4.74 Å². The molecule has 0 radical (unpaired) electrons. The van der Waals surface area contributed by atoms with Crippen molar-refractivity contribution < 1.29 is 9.53 Å². The number of carbonyl (C=O) groups excluding carboxylic acids is 1. The minimum absolute atomic E-state index is 0.198. The Hall–Kier alpha value is -2.36. The first-order valence-electron chi connectivity index (χ1n) is 12.0. The van der Waals surface area contributed by atoms with Gasteiger partial charge < -0.3 is 4.74 Å². The van der Waals surface area contributed by atoms with E-state index in [2.05, 4.69) is 43.2 Å². The fourth-order valence-electron chi connectivity index (χ4n) is 6.50. The monoisotopic (exact) mass is 418 g/mol. The van der Waals surface area contributed by atoms with Crippen LogP contribution in [0.25, 0.3) is 6.08 Å². The summed E-state index contributed by atoms with van der Waals surface area (Å²) in [6.45, 7) is 5.23. The van der Waals surface area contributed by atoms with E-state index in [0.717, 1.165) is 62.0 Å². The molecule has 31 heavy (non-hydrogen) atoms. The van der Waals surface area contributed by atoms with Gasteiger partial charge in [-0.2, -0.15) is 5.10 Å². The molecule has 5 rings (SSSR count). The van der Waals surface area contributed by atoms with Crippen LogP contribution in [0.2, 0.25) is 0 Å². The SMILES string of the molecule is CCCCOc1ccc2c(c1)CCC1C2CCC2(C)C(=O)C(=Cc3cnn(C)c3)CC12. The molecule has 0 saturated heterocycles. The second kappa shape index (κ2) is 7.96. The van der Waals surface area contributed by atoms with Gasteiger partial charge in [-0.1, -0.05) is 26.3 Å². The van der Waals surface area contributed by atoms with E-state index in [1.807, 2.05) is 19.4 Å². The van der Waals surface area contributed by atoms with E-state index in [1.54, 1.807) is 4.68 Å². The van der Waals surface area contributed by atoms with E-state index < -0.39 is 0 Å². The van der Waals surface area contributed by atoms with Crippen LogP contribution >= 0.6 is 0 Å². The van der Waals surface area contributed by atoms with Gasteiger partial charge in [0, 0.05) is 24.2 Å². The maximum atomic E-state index is 13.5. The molecule has 0 amide bonds. The van der Waals surface area contributed by atoms with Crippen LogP contribution in [0.5, 0.6) is 5.75 Å². The lowest BCUT2D eigenvalue weighted by Crippen LogP contribution is -2.42. The van der Waals surface area contributed by atoms with Gasteiger partial charge in [0.25, 0.3) is 0 Å².